The molecular weight excluding hydrogens is 216 g/mol. The first kappa shape index (κ1) is 10.1. The van der Waals surface area contributed by atoms with Crippen LogP contribution in [0.1, 0.15) is 6.42 Å². The Hall–Kier alpha value is -2.04. The number of anilines is 1. The van der Waals surface area contributed by atoms with Crippen molar-refractivity contribution in [2.24, 2.45) is 5.73 Å². The number of nitrogens with zero attached hydrogens (tertiary/aromatic N) is 3. The highest BCUT2D eigenvalue weighted by atomic mass is 16.1. The highest BCUT2D eigenvalue weighted by Gasteiger charge is 2.31. The van der Waals surface area contributed by atoms with Gasteiger partial charge < -0.3 is 15.0 Å². The molecule has 1 amide bonds. The average molecular weight is 229 g/mol. The van der Waals surface area contributed by atoms with Crippen LogP contribution in [-0.4, -0.2) is 27.9 Å². The number of nitrogens with two attached hydrogens (primary N) is 1. The highest BCUT2D eigenvalue weighted by Crippen LogP contribution is 2.26. The van der Waals surface area contributed by atoms with Crippen molar-refractivity contribution in [3.8, 4) is 0 Å². The minimum absolute atomic E-state index is 0.321. The van der Waals surface area contributed by atoms with Gasteiger partial charge >= 0.3 is 0 Å². The maximum Gasteiger partial charge on any atom is 0.240 e. The largest absolute Gasteiger partial charge is 0.368 e. The number of amides is 1. The molecule has 1 atom stereocenters. The molecule has 17 heavy (non-hydrogen) atoms. The monoisotopic (exact) mass is 229 g/mol. The standard InChI is InChI=1S/C12H13N4O/c13-11(17)9-3-2-7-16(9)12-10-4-1-6-15(10)8-5-14-12/h1,3-6,8-9H,2,7H2,(H2,13,17). The summed E-state index contributed by atoms with van der Waals surface area (Å²) >= 11 is 0. The molecule has 0 aliphatic carbocycles. The molecule has 5 heteroatoms. The summed E-state index contributed by atoms with van der Waals surface area (Å²) in [4.78, 5) is 17.7. The van der Waals surface area contributed by atoms with Crippen molar-refractivity contribution in [1.82, 2.24) is 9.38 Å². The van der Waals surface area contributed by atoms with E-state index >= 15 is 0 Å². The third kappa shape index (κ3) is 1.54. The summed E-state index contributed by atoms with van der Waals surface area (Å²) in [6, 6.07) is 3.60. The van der Waals surface area contributed by atoms with Gasteiger partial charge in [0.05, 0.1) is 5.52 Å². The van der Waals surface area contributed by atoms with Crippen molar-refractivity contribution in [3.05, 3.63) is 37.1 Å². The molecule has 0 bridgehead atoms. The van der Waals surface area contributed by atoms with Gasteiger partial charge in [0.2, 0.25) is 5.91 Å². The van der Waals surface area contributed by atoms with Gasteiger partial charge in [0, 0.05) is 25.1 Å². The van der Waals surface area contributed by atoms with E-state index in [0.717, 1.165) is 24.3 Å². The maximum absolute atomic E-state index is 11.4. The van der Waals surface area contributed by atoms with E-state index in [4.69, 9.17) is 5.73 Å². The van der Waals surface area contributed by atoms with E-state index in [1.165, 1.54) is 0 Å². The predicted molar refractivity (Wildman–Crippen MR) is 64.4 cm³/mol. The van der Waals surface area contributed by atoms with Crippen LogP contribution >= 0.6 is 0 Å². The first-order valence-corrected chi connectivity index (χ1v) is 5.58. The summed E-state index contributed by atoms with van der Waals surface area (Å²) in [5, 5.41) is 0. The summed E-state index contributed by atoms with van der Waals surface area (Å²) in [7, 11) is 0. The lowest BCUT2D eigenvalue weighted by Gasteiger charge is -2.23. The molecule has 1 aliphatic heterocycles. The lowest BCUT2D eigenvalue weighted by Crippen LogP contribution is -2.41. The third-order valence-electron chi connectivity index (χ3n) is 3.09. The SMILES string of the molecule is NC(=O)C1[CH]CCN1c1nccn2cccc12. The first-order valence-electron chi connectivity index (χ1n) is 5.58. The van der Waals surface area contributed by atoms with Crippen LogP contribution in [0.25, 0.3) is 5.52 Å². The summed E-state index contributed by atoms with van der Waals surface area (Å²) in [5.41, 5.74) is 6.39. The summed E-state index contributed by atoms with van der Waals surface area (Å²) in [5.74, 6) is 0.493. The van der Waals surface area contributed by atoms with Crippen LogP contribution in [0.4, 0.5) is 5.82 Å². The molecule has 1 saturated heterocycles. The minimum Gasteiger partial charge on any atom is -0.368 e. The van der Waals surface area contributed by atoms with Crippen molar-refractivity contribution in [1.29, 1.82) is 0 Å². The molecule has 1 aliphatic rings. The van der Waals surface area contributed by atoms with Gasteiger partial charge in [-0.15, -0.1) is 0 Å². The number of primary amides is 1. The second-order valence-electron chi connectivity index (χ2n) is 4.12. The zero-order valence-corrected chi connectivity index (χ0v) is 9.28. The normalized spacial score (nSPS) is 20.0. The molecule has 0 aromatic carbocycles. The molecule has 87 valence electrons. The molecule has 0 spiro atoms. The number of carbonyl (C=O) groups is 1. The van der Waals surface area contributed by atoms with Crippen LogP contribution in [-0.2, 0) is 4.79 Å². The van der Waals surface area contributed by atoms with Gasteiger partial charge in [0.1, 0.15) is 6.04 Å². The summed E-state index contributed by atoms with van der Waals surface area (Å²) < 4.78 is 1.98. The zero-order chi connectivity index (χ0) is 11.8. The Bertz CT molecular complexity index is 562. The van der Waals surface area contributed by atoms with Crippen molar-refractivity contribution >= 4 is 17.2 Å². The predicted octanol–water partition coefficient (Wildman–Crippen LogP) is 0.603. The minimum atomic E-state index is -0.344. The Kier molecular flexibility index (Phi) is 2.24. The molecule has 1 unspecified atom stereocenters. The van der Waals surface area contributed by atoms with E-state index in [9.17, 15) is 4.79 Å². The number of hydrogen-bond acceptors (Lipinski definition) is 3. The fourth-order valence-electron chi connectivity index (χ4n) is 2.32. The molecule has 3 heterocycles. The van der Waals surface area contributed by atoms with Gasteiger partial charge in [-0.2, -0.15) is 0 Å². The fraction of sp³-hybridized carbons (Fsp3) is 0.250. The van der Waals surface area contributed by atoms with E-state index < -0.39 is 0 Å². The van der Waals surface area contributed by atoms with Crippen LogP contribution in [0.15, 0.2) is 30.7 Å². The molecule has 2 aromatic heterocycles. The molecule has 1 fully saturated rings. The lowest BCUT2D eigenvalue weighted by atomic mass is 10.2. The fourth-order valence-corrected chi connectivity index (χ4v) is 2.32. The number of hydrogen-bond donors (Lipinski definition) is 1. The van der Waals surface area contributed by atoms with E-state index in [2.05, 4.69) is 4.98 Å². The molecule has 1 radical (unpaired) electrons. The summed E-state index contributed by atoms with van der Waals surface area (Å²) in [6.45, 7) is 0.783. The Morgan fingerprint density at radius 1 is 1.47 bits per heavy atom. The molecule has 3 rings (SSSR count). The van der Waals surface area contributed by atoms with Gasteiger partial charge in [-0.25, -0.2) is 4.98 Å². The summed E-state index contributed by atoms with van der Waals surface area (Å²) in [6.07, 6.45) is 8.38. The van der Waals surface area contributed by atoms with Gasteiger partial charge in [0.25, 0.3) is 0 Å². The number of fused-ring (bicyclic) bond motifs is 1. The van der Waals surface area contributed by atoms with Crippen LogP contribution < -0.4 is 10.6 Å². The van der Waals surface area contributed by atoms with Crippen molar-refractivity contribution < 1.29 is 4.79 Å². The highest BCUT2D eigenvalue weighted by molar-refractivity contribution is 5.87. The average Bonchev–Trinajstić information content (AvgIpc) is 2.97. The second kappa shape index (κ2) is 3.76. The van der Waals surface area contributed by atoms with Gasteiger partial charge in [0.15, 0.2) is 5.82 Å². The number of rotatable bonds is 2. The quantitative estimate of drug-likeness (QED) is 0.820. The van der Waals surface area contributed by atoms with Gasteiger partial charge in [-0.3, -0.25) is 4.79 Å². The van der Waals surface area contributed by atoms with Crippen LogP contribution in [0.3, 0.4) is 0 Å². The van der Waals surface area contributed by atoms with E-state index in [1.807, 2.05) is 40.2 Å². The lowest BCUT2D eigenvalue weighted by molar-refractivity contribution is -0.118. The Labute approximate surface area is 98.8 Å². The topological polar surface area (TPSA) is 63.6 Å². The molecule has 2 aromatic rings. The second-order valence-corrected chi connectivity index (χ2v) is 4.12. The van der Waals surface area contributed by atoms with Crippen LogP contribution in [0.5, 0.6) is 0 Å². The van der Waals surface area contributed by atoms with Gasteiger partial charge in [-0.05, 0) is 25.0 Å². The zero-order valence-electron chi connectivity index (χ0n) is 9.28. The molecular formula is C12H13N4O. The Balaban J connectivity index is 2.08. The van der Waals surface area contributed by atoms with Gasteiger partial charge in [-0.1, -0.05) is 0 Å². The molecule has 2 N–H and O–H groups in total. The number of aromatic nitrogens is 2. The van der Waals surface area contributed by atoms with Crippen molar-refractivity contribution in [2.75, 3.05) is 11.4 Å². The van der Waals surface area contributed by atoms with Crippen molar-refractivity contribution in [2.45, 2.75) is 12.5 Å². The van der Waals surface area contributed by atoms with E-state index in [1.54, 1.807) is 6.20 Å². The third-order valence-corrected chi connectivity index (χ3v) is 3.09. The van der Waals surface area contributed by atoms with E-state index in [0.29, 0.717) is 0 Å². The Morgan fingerprint density at radius 3 is 3.18 bits per heavy atom. The van der Waals surface area contributed by atoms with E-state index in [-0.39, 0.29) is 11.9 Å². The smallest absolute Gasteiger partial charge is 0.240 e. The maximum atomic E-state index is 11.4. The van der Waals surface area contributed by atoms with Crippen molar-refractivity contribution in [3.63, 3.8) is 0 Å². The van der Waals surface area contributed by atoms with Crippen LogP contribution in [0, 0.1) is 6.42 Å². The first-order chi connectivity index (χ1) is 8.27. The molecule has 5 nitrogen and oxygen atoms in total. The Morgan fingerprint density at radius 2 is 2.35 bits per heavy atom. The molecule has 0 saturated carbocycles. The number of carbonyl (C=O) groups excluding carboxylic acids is 1. The van der Waals surface area contributed by atoms with Crippen LogP contribution in [0.2, 0.25) is 0 Å².